The molecule has 2 aromatic carbocycles. The number of nitrogens with zero attached hydrogens (tertiary/aromatic N) is 1. The van der Waals surface area contributed by atoms with Crippen molar-refractivity contribution in [2.45, 2.75) is 26.8 Å². The maximum Gasteiger partial charge on any atom is 0.226 e. The first kappa shape index (κ1) is 18.5. The molecule has 2 amide bonds. The minimum absolute atomic E-state index is 0.0438. The van der Waals surface area contributed by atoms with Crippen molar-refractivity contribution in [2.24, 2.45) is 0 Å². The Hall–Kier alpha value is -2.82. The summed E-state index contributed by atoms with van der Waals surface area (Å²) in [4.78, 5) is 25.6. The highest BCUT2D eigenvalue weighted by Crippen LogP contribution is 2.16. The molecule has 1 N–H and O–H groups in total. The van der Waals surface area contributed by atoms with E-state index in [0.29, 0.717) is 25.4 Å². The summed E-state index contributed by atoms with van der Waals surface area (Å²) in [6, 6.07) is 17.0. The Balaban J connectivity index is 1.85. The third-order valence-electron chi connectivity index (χ3n) is 3.72. The fraction of sp³-hybridized carbons (Fsp3) is 0.300. The molecule has 0 bridgehead atoms. The zero-order chi connectivity index (χ0) is 18.1. The van der Waals surface area contributed by atoms with Crippen LogP contribution in [0.4, 0.5) is 5.69 Å². The lowest BCUT2D eigenvalue weighted by Crippen LogP contribution is -2.31. The number of carbonyl (C=O) groups is 2. The molecule has 0 radical (unpaired) electrons. The van der Waals surface area contributed by atoms with Crippen molar-refractivity contribution in [1.82, 2.24) is 4.90 Å². The van der Waals surface area contributed by atoms with Crippen LogP contribution in [0, 0.1) is 0 Å². The Kier molecular flexibility index (Phi) is 7.01. The Morgan fingerprint density at radius 2 is 1.72 bits per heavy atom. The van der Waals surface area contributed by atoms with Gasteiger partial charge in [0.25, 0.3) is 0 Å². The molecule has 132 valence electrons. The molecule has 0 aliphatic carbocycles. The average molecular weight is 340 g/mol. The largest absolute Gasteiger partial charge is 0.494 e. The smallest absolute Gasteiger partial charge is 0.226 e. The predicted octanol–water partition coefficient (Wildman–Crippen LogP) is 3.46. The van der Waals surface area contributed by atoms with E-state index in [4.69, 9.17) is 4.74 Å². The second kappa shape index (κ2) is 9.47. The number of amides is 2. The normalized spacial score (nSPS) is 10.2. The summed E-state index contributed by atoms with van der Waals surface area (Å²) in [5.74, 6) is 0.604. The zero-order valence-corrected chi connectivity index (χ0v) is 14.7. The van der Waals surface area contributed by atoms with Gasteiger partial charge >= 0.3 is 0 Å². The van der Waals surface area contributed by atoms with Crippen molar-refractivity contribution in [3.05, 3.63) is 60.2 Å². The number of rotatable bonds is 8. The van der Waals surface area contributed by atoms with Crippen molar-refractivity contribution >= 4 is 17.5 Å². The van der Waals surface area contributed by atoms with Crippen LogP contribution in [0.25, 0.3) is 0 Å². The van der Waals surface area contributed by atoms with Gasteiger partial charge in [-0.25, -0.2) is 0 Å². The summed E-state index contributed by atoms with van der Waals surface area (Å²) in [5.41, 5.74) is 1.76. The molecule has 5 nitrogen and oxygen atoms in total. The van der Waals surface area contributed by atoms with Crippen LogP contribution in [0.15, 0.2) is 54.6 Å². The summed E-state index contributed by atoms with van der Waals surface area (Å²) >= 11 is 0. The van der Waals surface area contributed by atoms with Crippen LogP contribution in [-0.4, -0.2) is 29.9 Å². The number of carbonyl (C=O) groups excluding carboxylic acids is 2. The highest BCUT2D eigenvalue weighted by molar-refractivity contribution is 5.91. The molecule has 0 aromatic heterocycles. The van der Waals surface area contributed by atoms with E-state index >= 15 is 0 Å². The van der Waals surface area contributed by atoms with E-state index in [1.165, 1.54) is 6.92 Å². The molecule has 0 spiro atoms. The van der Waals surface area contributed by atoms with Gasteiger partial charge in [-0.05, 0) is 36.8 Å². The van der Waals surface area contributed by atoms with E-state index in [-0.39, 0.29) is 18.2 Å². The SMILES string of the molecule is CCOc1ccc(NC(=O)CCN(Cc2ccccc2)C(C)=O)cc1. The van der Waals surface area contributed by atoms with Crippen LogP contribution < -0.4 is 10.1 Å². The lowest BCUT2D eigenvalue weighted by atomic mass is 10.2. The van der Waals surface area contributed by atoms with E-state index in [9.17, 15) is 9.59 Å². The average Bonchev–Trinajstić information content (AvgIpc) is 2.61. The van der Waals surface area contributed by atoms with Gasteiger partial charge in [0.1, 0.15) is 5.75 Å². The van der Waals surface area contributed by atoms with Gasteiger partial charge < -0.3 is 15.0 Å². The van der Waals surface area contributed by atoms with Crippen molar-refractivity contribution in [3.63, 3.8) is 0 Å². The van der Waals surface area contributed by atoms with Gasteiger partial charge in [-0.1, -0.05) is 30.3 Å². The number of anilines is 1. The zero-order valence-electron chi connectivity index (χ0n) is 14.7. The molecule has 25 heavy (non-hydrogen) atoms. The van der Waals surface area contributed by atoms with Gasteiger partial charge in [0.05, 0.1) is 6.61 Å². The van der Waals surface area contributed by atoms with Gasteiger partial charge in [-0.3, -0.25) is 9.59 Å². The molecular weight excluding hydrogens is 316 g/mol. The van der Waals surface area contributed by atoms with Gasteiger partial charge in [0.15, 0.2) is 0 Å². The summed E-state index contributed by atoms with van der Waals surface area (Å²) in [7, 11) is 0. The maximum atomic E-state index is 12.1. The van der Waals surface area contributed by atoms with Crippen LogP contribution in [0.3, 0.4) is 0 Å². The fourth-order valence-electron chi connectivity index (χ4n) is 2.41. The molecule has 0 unspecified atom stereocenters. The van der Waals surface area contributed by atoms with Crippen LogP contribution in [-0.2, 0) is 16.1 Å². The number of hydrogen-bond donors (Lipinski definition) is 1. The van der Waals surface area contributed by atoms with E-state index in [0.717, 1.165) is 11.3 Å². The molecule has 0 aliphatic heterocycles. The Morgan fingerprint density at radius 3 is 2.32 bits per heavy atom. The molecule has 0 heterocycles. The van der Waals surface area contributed by atoms with Crippen molar-refractivity contribution in [3.8, 4) is 5.75 Å². The van der Waals surface area contributed by atoms with Gasteiger partial charge in [-0.15, -0.1) is 0 Å². The molecule has 2 aromatic rings. The third-order valence-corrected chi connectivity index (χ3v) is 3.72. The van der Waals surface area contributed by atoms with E-state index in [1.807, 2.05) is 49.4 Å². The van der Waals surface area contributed by atoms with Gasteiger partial charge in [0, 0.05) is 32.1 Å². The maximum absolute atomic E-state index is 12.1. The molecular formula is C20H24N2O3. The summed E-state index contributed by atoms with van der Waals surface area (Å²) in [5, 5.41) is 2.84. The van der Waals surface area contributed by atoms with Crippen LogP contribution in [0.2, 0.25) is 0 Å². The third kappa shape index (κ3) is 6.30. The predicted molar refractivity (Wildman–Crippen MR) is 98.4 cm³/mol. The molecule has 0 saturated heterocycles. The topological polar surface area (TPSA) is 58.6 Å². The number of ether oxygens (including phenoxy) is 1. The highest BCUT2D eigenvalue weighted by atomic mass is 16.5. The first-order valence-electron chi connectivity index (χ1n) is 8.40. The molecule has 2 rings (SSSR count). The Morgan fingerprint density at radius 1 is 1.04 bits per heavy atom. The summed E-state index contributed by atoms with van der Waals surface area (Å²) in [6.07, 6.45) is 0.250. The lowest BCUT2D eigenvalue weighted by Gasteiger charge is -2.21. The van der Waals surface area contributed by atoms with E-state index in [2.05, 4.69) is 5.32 Å². The van der Waals surface area contributed by atoms with E-state index < -0.39 is 0 Å². The Bertz CT molecular complexity index is 684. The number of benzene rings is 2. The number of hydrogen-bond acceptors (Lipinski definition) is 3. The fourth-order valence-corrected chi connectivity index (χ4v) is 2.41. The Labute approximate surface area is 148 Å². The molecule has 0 saturated carbocycles. The van der Waals surface area contributed by atoms with Crippen LogP contribution in [0.1, 0.15) is 25.8 Å². The van der Waals surface area contributed by atoms with Crippen LogP contribution in [0.5, 0.6) is 5.75 Å². The van der Waals surface area contributed by atoms with E-state index in [1.54, 1.807) is 17.0 Å². The lowest BCUT2D eigenvalue weighted by molar-refractivity contribution is -0.129. The van der Waals surface area contributed by atoms with Crippen molar-refractivity contribution in [1.29, 1.82) is 0 Å². The first-order chi connectivity index (χ1) is 12.1. The second-order valence-electron chi connectivity index (χ2n) is 5.68. The minimum atomic E-state index is -0.122. The molecule has 5 heteroatoms. The summed E-state index contributed by atoms with van der Waals surface area (Å²) < 4.78 is 5.37. The summed E-state index contributed by atoms with van der Waals surface area (Å²) in [6.45, 7) is 4.94. The highest BCUT2D eigenvalue weighted by Gasteiger charge is 2.12. The first-order valence-corrected chi connectivity index (χ1v) is 8.40. The monoisotopic (exact) mass is 340 g/mol. The molecule has 0 aliphatic rings. The molecule has 0 fully saturated rings. The van der Waals surface area contributed by atoms with Crippen LogP contribution >= 0.6 is 0 Å². The second-order valence-corrected chi connectivity index (χ2v) is 5.68. The van der Waals surface area contributed by atoms with Crippen molar-refractivity contribution in [2.75, 3.05) is 18.5 Å². The standard InChI is InChI=1S/C20H24N2O3/c1-3-25-19-11-9-18(10-12-19)21-20(24)13-14-22(16(2)23)15-17-7-5-4-6-8-17/h4-12H,3,13-15H2,1-2H3,(H,21,24). The minimum Gasteiger partial charge on any atom is -0.494 e. The number of nitrogens with one attached hydrogen (secondary N) is 1. The quantitative estimate of drug-likeness (QED) is 0.800. The molecule has 0 atom stereocenters. The van der Waals surface area contributed by atoms with Crippen molar-refractivity contribution < 1.29 is 14.3 Å². The van der Waals surface area contributed by atoms with Gasteiger partial charge in [0.2, 0.25) is 11.8 Å². The van der Waals surface area contributed by atoms with Gasteiger partial charge in [-0.2, -0.15) is 0 Å².